The van der Waals surface area contributed by atoms with Crippen molar-refractivity contribution in [2.75, 3.05) is 78.8 Å². The molecule has 3 amide bonds. The van der Waals surface area contributed by atoms with Gasteiger partial charge in [-0.1, -0.05) is 114 Å². The van der Waals surface area contributed by atoms with Gasteiger partial charge in [0, 0.05) is 127 Å². The van der Waals surface area contributed by atoms with E-state index in [4.69, 9.17) is 69.5 Å². The number of thiophene rings is 1. The number of hydrogen-bond acceptors (Lipinski definition) is 14. The Hall–Kier alpha value is -8.56. The highest BCUT2D eigenvalue weighted by Crippen LogP contribution is 2.50. The average Bonchev–Trinajstić information content (AvgIpc) is 1.61. The molecular weight excluding hydrogens is 1350 g/mol. The molecule has 0 aliphatic carbocycles. The van der Waals surface area contributed by atoms with Gasteiger partial charge in [0.05, 0.1) is 41.3 Å². The number of benzene rings is 7. The quantitative estimate of drug-likeness (QED) is 0.0938. The molecule has 2 aromatic heterocycles. The second-order valence-electron chi connectivity index (χ2n) is 28.4. The lowest BCUT2D eigenvalue weighted by Gasteiger charge is -2.38. The van der Waals surface area contributed by atoms with E-state index in [2.05, 4.69) is 47.4 Å². The highest BCUT2D eigenvalue weighted by atomic mass is 35.5. The molecule has 4 saturated heterocycles. The van der Waals surface area contributed by atoms with Crippen molar-refractivity contribution >= 4 is 69.3 Å². The Kier molecular flexibility index (Phi) is 21.0. The van der Waals surface area contributed by atoms with E-state index in [-0.39, 0.29) is 45.2 Å². The van der Waals surface area contributed by atoms with Crippen LogP contribution in [-0.2, 0) is 59.2 Å². The fourth-order valence-corrected chi connectivity index (χ4v) is 17.0. The van der Waals surface area contributed by atoms with E-state index < -0.39 is 0 Å². The first-order valence-electron chi connectivity index (χ1n) is 35.4. The zero-order valence-electron chi connectivity index (χ0n) is 57.3. The van der Waals surface area contributed by atoms with Crippen LogP contribution in [0.15, 0.2) is 174 Å². The molecular formula is C82H87Cl2FN8O8S. The molecule has 8 aliphatic rings. The Labute approximate surface area is 609 Å². The van der Waals surface area contributed by atoms with E-state index in [1.807, 2.05) is 111 Å². The van der Waals surface area contributed by atoms with Crippen molar-refractivity contribution in [3.8, 4) is 23.0 Å². The number of furan rings is 1. The molecule has 0 radical (unpaired) electrons. The number of ether oxygens (including phenoxy) is 4. The first-order chi connectivity index (χ1) is 49.6. The Morgan fingerprint density at radius 3 is 1.35 bits per heavy atom. The van der Waals surface area contributed by atoms with Crippen molar-refractivity contribution in [1.29, 1.82) is 0 Å². The van der Waals surface area contributed by atoms with Gasteiger partial charge in [0.1, 0.15) is 34.4 Å². The average molecular weight is 1430 g/mol. The van der Waals surface area contributed by atoms with E-state index in [1.54, 1.807) is 18.2 Å². The molecule has 0 saturated carbocycles. The molecule has 10 heterocycles. The summed E-state index contributed by atoms with van der Waals surface area (Å²) in [6, 6.07) is 50.6. The summed E-state index contributed by atoms with van der Waals surface area (Å²) in [6.45, 7) is 12.4. The monoisotopic (exact) mass is 1430 g/mol. The molecule has 20 heteroatoms. The zero-order chi connectivity index (χ0) is 70.6. The number of nitrogens with two attached hydrogens (primary N) is 4. The summed E-state index contributed by atoms with van der Waals surface area (Å²) in [6.07, 6.45) is 10.8. The van der Waals surface area contributed by atoms with Crippen LogP contribution in [0.3, 0.4) is 0 Å². The first-order valence-corrected chi connectivity index (χ1v) is 37.1. The Morgan fingerprint density at radius 1 is 0.461 bits per heavy atom. The molecule has 16 nitrogen and oxygen atoms in total. The lowest BCUT2D eigenvalue weighted by Crippen LogP contribution is -2.46. The van der Waals surface area contributed by atoms with Crippen molar-refractivity contribution < 1.29 is 42.1 Å². The molecule has 0 atom stereocenters. The summed E-state index contributed by atoms with van der Waals surface area (Å²) in [5.41, 5.74) is 35.7. The molecule has 530 valence electrons. The Morgan fingerprint density at radius 2 is 0.912 bits per heavy atom. The third kappa shape index (κ3) is 14.7. The van der Waals surface area contributed by atoms with Crippen LogP contribution in [0.1, 0.15) is 127 Å². The fraction of sp³-hybridized carbons (Fsp3) is 0.354. The molecule has 0 unspecified atom stereocenters. The topological polar surface area (TPSA) is 218 Å². The van der Waals surface area contributed by atoms with Gasteiger partial charge < -0.3 is 61.0 Å². The minimum absolute atomic E-state index is 0.00876. The molecule has 8 aliphatic heterocycles. The molecule has 9 aromatic rings. The van der Waals surface area contributed by atoms with Gasteiger partial charge >= 0.3 is 0 Å². The summed E-state index contributed by atoms with van der Waals surface area (Å²) in [5.74, 6) is 4.13. The second-order valence-corrected chi connectivity index (χ2v) is 30.1. The first kappa shape index (κ1) is 70.5. The van der Waals surface area contributed by atoms with Gasteiger partial charge in [-0.05, 0) is 176 Å². The summed E-state index contributed by atoms with van der Waals surface area (Å²) in [5, 5.41) is 4.15. The summed E-state index contributed by atoms with van der Waals surface area (Å²) >= 11 is 13.7. The third-order valence-electron chi connectivity index (χ3n) is 22.3. The normalized spacial score (nSPS) is 18.4. The van der Waals surface area contributed by atoms with Crippen LogP contribution in [-0.4, -0.2) is 116 Å². The molecule has 4 spiro atoms. The maximum Gasteiger partial charge on any atom is 0.289 e. The number of amides is 3. The number of hydrogen-bond donors (Lipinski definition) is 4. The van der Waals surface area contributed by atoms with E-state index in [9.17, 15) is 18.8 Å². The van der Waals surface area contributed by atoms with Crippen LogP contribution < -0.4 is 41.9 Å². The number of para-hydroxylation sites is 1. The van der Waals surface area contributed by atoms with Crippen molar-refractivity contribution in [2.24, 2.45) is 22.9 Å². The summed E-state index contributed by atoms with van der Waals surface area (Å²) in [7, 11) is 0. The lowest BCUT2D eigenvalue weighted by atomic mass is 9.74. The van der Waals surface area contributed by atoms with Crippen LogP contribution in [0.2, 0.25) is 10.0 Å². The number of carbonyl (C=O) groups is 3. The number of rotatable bonds is 10. The van der Waals surface area contributed by atoms with E-state index in [1.165, 1.54) is 62.9 Å². The van der Waals surface area contributed by atoms with Crippen LogP contribution in [0.25, 0.3) is 17.0 Å². The largest absolute Gasteiger partial charge is 0.492 e. The van der Waals surface area contributed by atoms with Gasteiger partial charge in [-0.15, -0.1) is 11.3 Å². The molecule has 7 aromatic carbocycles. The smallest absolute Gasteiger partial charge is 0.289 e. The molecule has 4 fully saturated rings. The van der Waals surface area contributed by atoms with Crippen molar-refractivity contribution in [3.63, 3.8) is 0 Å². The standard InChI is InChI=1S/C22H23FN2O2.C22H22N2O3.C20H22Cl2N2O.C18H20N2O2S/c23-18-3-1-2-16(12-18)5-7-21(26)25-10-8-22(9-11-25)15-27-20-6-4-17(14-24)13-19(20)22;23-13-15-5-6-19-17(11-15)22(14-26-19)7-9-24(10-8-22)21(25)20-12-16-3-1-2-4-18(16)27-20;21-17-3-1-15(10-18(17)22)12-24-7-5-20(6-8-24)13-25-19-4-2-14(11-23)9-16(19)20;19-11-13-3-4-15-14(10-13)18(12-22-15)5-7-20(8-6-18)17(21)16-2-1-9-23-16/h1-7,12-13H,8-11,14-15,24H2;1-6,11-12H,7-10,13-14,23H2;1-4,9-10H,5-8,11-13,23H2;1-4,9-10H,5-8,11-12,19H2/b7-5+;;;. The van der Waals surface area contributed by atoms with Crippen LogP contribution in [0.5, 0.6) is 23.0 Å². The van der Waals surface area contributed by atoms with Crippen LogP contribution >= 0.6 is 34.5 Å². The predicted molar refractivity (Wildman–Crippen MR) is 399 cm³/mol. The lowest BCUT2D eigenvalue weighted by molar-refractivity contribution is -0.127. The maximum atomic E-state index is 13.2. The van der Waals surface area contributed by atoms with Crippen LogP contribution in [0, 0.1) is 5.82 Å². The number of likely N-dealkylation sites (tertiary alicyclic amines) is 4. The molecule has 0 bridgehead atoms. The highest BCUT2D eigenvalue weighted by Gasteiger charge is 2.48. The van der Waals surface area contributed by atoms with Gasteiger partial charge in [0.15, 0.2) is 5.76 Å². The van der Waals surface area contributed by atoms with Gasteiger partial charge in [-0.3, -0.25) is 19.3 Å². The minimum Gasteiger partial charge on any atom is -0.492 e. The summed E-state index contributed by atoms with van der Waals surface area (Å²) in [4.78, 5) is 46.9. The fourth-order valence-electron chi connectivity index (χ4n) is 16.0. The van der Waals surface area contributed by atoms with Gasteiger partial charge in [-0.2, -0.15) is 0 Å². The Bertz CT molecular complexity index is 4520. The van der Waals surface area contributed by atoms with E-state index >= 15 is 0 Å². The minimum atomic E-state index is -0.304. The van der Waals surface area contributed by atoms with Gasteiger partial charge in [0.2, 0.25) is 5.91 Å². The number of nitrogens with zero attached hydrogens (tertiary/aromatic N) is 4. The van der Waals surface area contributed by atoms with Gasteiger partial charge in [0.25, 0.3) is 11.8 Å². The molecule has 102 heavy (non-hydrogen) atoms. The Balaban J connectivity index is 0.000000115. The summed E-state index contributed by atoms with van der Waals surface area (Å²) < 4.78 is 42.8. The van der Waals surface area contributed by atoms with Crippen LogP contribution in [0.4, 0.5) is 4.39 Å². The van der Waals surface area contributed by atoms with Crippen molar-refractivity contribution in [3.05, 3.63) is 251 Å². The van der Waals surface area contributed by atoms with E-state index in [0.717, 1.165) is 153 Å². The van der Waals surface area contributed by atoms with Crippen molar-refractivity contribution in [1.82, 2.24) is 19.6 Å². The highest BCUT2D eigenvalue weighted by molar-refractivity contribution is 7.12. The number of fused-ring (bicyclic) bond motifs is 9. The van der Waals surface area contributed by atoms with E-state index in [0.29, 0.717) is 86.9 Å². The third-order valence-corrected chi connectivity index (χ3v) is 23.9. The second kappa shape index (κ2) is 30.4. The maximum absolute atomic E-state index is 13.2. The zero-order valence-corrected chi connectivity index (χ0v) is 59.7. The number of piperidine rings is 4. The molecule has 8 N–H and O–H groups in total. The number of halogens is 3. The van der Waals surface area contributed by atoms with Gasteiger partial charge in [-0.25, -0.2) is 4.39 Å². The SMILES string of the molecule is NCc1ccc2c(c1)C1(CCN(C(=O)/C=C/c3cccc(F)c3)CC1)CO2.NCc1ccc2c(c1)C1(CCN(C(=O)c3cc4ccccc4o3)CC1)CO2.NCc1ccc2c(c1)C1(CCN(C(=O)c3cccs3)CC1)CO2.NCc1ccc2c(c1)C1(CCN(Cc3ccc(Cl)c(Cl)c3)CC1)CO2. The molecule has 17 rings (SSSR count). The number of carbonyl (C=O) groups excluding carboxylic acids is 3. The van der Waals surface area contributed by atoms with Crippen molar-refractivity contribution in [2.45, 2.75) is 106 Å². The predicted octanol–water partition coefficient (Wildman–Crippen LogP) is 13.9.